The Labute approximate surface area is 684 Å². The monoisotopic (exact) mass is 1660 g/mol. The fraction of sp³-hybridized carbons (Fsp3) is 0.414. The molecule has 3 spiro atoms. The summed E-state index contributed by atoms with van der Waals surface area (Å²) in [6.07, 6.45) is 14.3. The number of Topliss-reactive ketones (excluding diaryl/α,β-unsaturated/α-hetero) is 3. The van der Waals surface area contributed by atoms with Crippen molar-refractivity contribution in [3.63, 3.8) is 0 Å². The van der Waals surface area contributed by atoms with Gasteiger partial charge in [-0.05, 0) is 162 Å². The third-order valence-corrected chi connectivity index (χ3v) is 22.1. The summed E-state index contributed by atoms with van der Waals surface area (Å²) >= 11 is 0. The highest BCUT2D eigenvalue weighted by molar-refractivity contribution is 7.93. The highest BCUT2D eigenvalue weighted by Crippen LogP contribution is 2.45. The molecule has 0 atom stereocenters. The number of benzene rings is 7. The molecular weight excluding hydrogens is 1550 g/mol. The molecule has 630 valence electrons. The number of nitrogens with one attached hydrogen (secondary N) is 1. The van der Waals surface area contributed by atoms with Crippen molar-refractivity contribution in [2.45, 2.75) is 128 Å². The number of phenols is 1. The number of hydrogen-bond donors (Lipinski definition) is 4. The van der Waals surface area contributed by atoms with Gasteiger partial charge in [0.05, 0.1) is 87.9 Å². The molecule has 0 unspecified atom stereocenters. The van der Waals surface area contributed by atoms with Gasteiger partial charge in [-0.25, -0.2) is 0 Å². The van der Waals surface area contributed by atoms with Crippen LogP contribution in [0.2, 0.25) is 0 Å². The van der Waals surface area contributed by atoms with Crippen LogP contribution in [0.4, 0.5) is 18.9 Å². The maximum Gasteiger partial charge on any atom is 0.516 e. The number of carbonyl (C=O) groups is 5. The van der Waals surface area contributed by atoms with E-state index in [4.69, 9.17) is 52.5 Å². The summed E-state index contributed by atoms with van der Waals surface area (Å²) in [7, 11) is -9.50. The van der Waals surface area contributed by atoms with Gasteiger partial charge in [-0.15, -0.1) is 0 Å². The van der Waals surface area contributed by atoms with Gasteiger partial charge in [-0.2, -0.15) is 30.0 Å². The van der Waals surface area contributed by atoms with Crippen LogP contribution in [0, 0.1) is 0 Å². The minimum absolute atomic E-state index is 0.0326. The van der Waals surface area contributed by atoms with E-state index < -0.39 is 38.4 Å². The largest absolute Gasteiger partial charge is 0.516 e. The molecule has 7 aromatic rings. The number of sulfonamides is 1. The van der Waals surface area contributed by atoms with Gasteiger partial charge in [0.1, 0.15) is 45.6 Å². The quantitative estimate of drug-likeness (QED) is 0.0473. The number of aromatic hydroxyl groups is 1. The molecule has 8 aliphatic heterocycles. The lowest BCUT2D eigenvalue weighted by Gasteiger charge is -2.40. The van der Waals surface area contributed by atoms with Crippen molar-refractivity contribution in [1.82, 2.24) is 15.1 Å². The number of ether oxygens (including phenoxy) is 7. The molecular formula is C87H106BF3N4O20S2. The number of phenolic OH excluding ortho intramolecular Hbond substituents is 1. The first-order valence-electron chi connectivity index (χ1n) is 39.2. The Kier molecular flexibility index (Phi) is 35.0. The molecule has 0 aliphatic carbocycles. The van der Waals surface area contributed by atoms with Crippen LogP contribution < -0.4 is 29.3 Å². The summed E-state index contributed by atoms with van der Waals surface area (Å²) in [5.74, 6) is 3.17. The molecule has 0 aromatic heterocycles. The zero-order valence-electron chi connectivity index (χ0n) is 67.2. The molecule has 8 aliphatic rings. The van der Waals surface area contributed by atoms with Crippen LogP contribution in [0.15, 0.2) is 188 Å². The Hall–Kier alpha value is -9.76. The normalized spacial score (nSPS) is 17.0. The van der Waals surface area contributed by atoms with E-state index in [-0.39, 0.29) is 50.3 Å². The highest BCUT2D eigenvalue weighted by atomic mass is 32.2. The first-order chi connectivity index (χ1) is 55.9. The molecule has 5 fully saturated rings. The average Bonchev–Trinajstić information content (AvgIpc) is 0.864. The van der Waals surface area contributed by atoms with Crippen molar-refractivity contribution in [2.75, 3.05) is 110 Å². The minimum atomic E-state index is -5.30. The SMILES string of the molecule is C1CCNC1.CC(=O)c1ccccc1O.CCN(CC)C(=O)c1ccc(B(O)O)cc1.CCN(CC)C(=O)c1ccc(C2=CC3(CCOCC3)Oc3ccccc32)cc1.CN(c1ccccc1)S(=O)(=O)C(F)(F)F.CS(=O)(=O)OC1=CC2(CCOCC2)Oc2ccccc21.O=C1CC2(CCOCC2)Oc2ccccc21.O=C1CCOCC1. The number of rotatable bonds is 13. The second-order valence-electron chi connectivity index (χ2n) is 28.4. The number of para-hydroxylation sites is 5. The number of fused-ring (bicyclic) bond motifs is 3. The average molecular weight is 1660 g/mol. The topological polar surface area (TPSA) is 310 Å². The van der Waals surface area contributed by atoms with E-state index in [1.165, 1.54) is 68.8 Å². The molecule has 117 heavy (non-hydrogen) atoms. The smallest absolute Gasteiger partial charge is 0.507 e. The van der Waals surface area contributed by atoms with Crippen molar-refractivity contribution in [3.05, 3.63) is 227 Å². The third kappa shape index (κ3) is 26.9. The second kappa shape index (κ2) is 44.2. The number of alkyl halides is 3. The van der Waals surface area contributed by atoms with Gasteiger partial charge in [-0.3, -0.25) is 28.3 Å². The molecule has 4 N–H and O–H groups in total. The standard InChI is InChI=1S/C24H27NO3.C14H16O5S.C13H14O3.C11H16BNO3.C8H8F3NO2S.C8H8O2.C5H8O2.C4H9N/c1-3-25(4-2)23(26)19-11-9-18(10-12-19)21-17-24(13-15-27-16-14-24)28-22-8-6-5-7-20(21)22;1-20(15,16)19-13-10-14(6-8-17-9-7-14)18-12-5-3-2-4-11(12)13;14-11-9-13(5-7-15-8-6-13)16-12-4-2-1-3-10(11)12;1-3-13(4-2)11(14)9-5-7-10(8-6-9)12(15)16;1-12(7-5-3-2-4-6-7)15(13,14)8(9,10)11;1-6(9)7-4-2-3-5-8(7)10;6-5-1-3-7-4-2-5;1-2-4-5-3-1/h5-12,17H,3-4,13-16H2,1-2H3;2-5,10H,6-9H2,1H3;1-4H,5-9H2;5-8,15-16H,3-4H2,1-2H3;2-6H,1H3;2-5,10H,1H3;1-4H2;5H,1-4H2. The van der Waals surface area contributed by atoms with Crippen LogP contribution in [0.1, 0.15) is 163 Å². The van der Waals surface area contributed by atoms with Gasteiger partial charge in [-0.1, -0.05) is 97.1 Å². The number of nitrogens with zero attached hydrogens (tertiary/aromatic N) is 3. The maximum atomic E-state index is 12.6. The fourth-order valence-corrected chi connectivity index (χ4v) is 14.6. The van der Waals surface area contributed by atoms with E-state index >= 15 is 0 Å². The zero-order valence-corrected chi connectivity index (χ0v) is 68.9. The Morgan fingerprint density at radius 2 is 0.966 bits per heavy atom. The van der Waals surface area contributed by atoms with E-state index in [9.17, 15) is 54.0 Å². The van der Waals surface area contributed by atoms with E-state index in [1.807, 2.05) is 105 Å². The summed E-state index contributed by atoms with van der Waals surface area (Å²) in [5.41, 5.74) is 0.363. The third-order valence-electron chi connectivity index (χ3n) is 20.1. The predicted octanol–water partition coefficient (Wildman–Crippen LogP) is 12.8. The van der Waals surface area contributed by atoms with Gasteiger partial charge in [0.2, 0.25) is 0 Å². The molecule has 30 heteroatoms. The van der Waals surface area contributed by atoms with Crippen LogP contribution in [0.3, 0.4) is 0 Å². The molecule has 15 rings (SSSR count). The molecule has 7 aromatic carbocycles. The lowest BCUT2D eigenvalue weighted by Crippen LogP contribution is -2.46. The molecule has 0 radical (unpaired) electrons. The van der Waals surface area contributed by atoms with Crippen LogP contribution >= 0.6 is 0 Å². The van der Waals surface area contributed by atoms with E-state index in [1.54, 1.807) is 65.6 Å². The summed E-state index contributed by atoms with van der Waals surface area (Å²) in [6, 6.07) is 50.8. The van der Waals surface area contributed by atoms with Crippen LogP contribution in [0.25, 0.3) is 11.3 Å². The first kappa shape index (κ1) is 92.8. The Balaban J connectivity index is 0.000000174. The van der Waals surface area contributed by atoms with Crippen LogP contribution in [-0.2, 0) is 48.1 Å². The van der Waals surface area contributed by atoms with Gasteiger partial charge in [0.15, 0.2) is 17.3 Å². The number of amides is 2. The van der Waals surface area contributed by atoms with Crippen molar-refractivity contribution in [1.29, 1.82) is 0 Å². The van der Waals surface area contributed by atoms with Crippen LogP contribution in [0.5, 0.6) is 23.0 Å². The number of halogens is 3. The number of anilines is 1. The number of carbonyl (C=O) groups excluding carboxylic acids is 5. The Morgan fingerprint density at radius 1 is 0.538 bits per heavy atom. The molecule has 24 nitrogen and oxygen atoms in total. The summed E-state index contributed by atoms with van der Waals surface area (Å²) in [6.45, 7) is 19.8. The van der Waals surface area contributed by atoms with Crippen molar-refractivity contribution in [3.8, 4) is 23.0 Å². The number of ketones is 3. The summed E-state index contributed by atoms with van der Waals surface area (Å²) in [4.78, 5) is 61.2. The molecule has 2 amide bonds. The molecule has 0 saturated carbocycles. The number of hydrogen-bond acceptors (Lipinski definition) is 21. The molecule has 5 saturated heterocycles. The molecule has 8 heterocycles. The van der Waals surface area contributed by atoms with Gasteiger partial charge < -0.3 is 67.6 Å². The zero-order chi connectivity index (χ0) is 84.8. The van der Waals surface area contributed by atoms with Crippen molar-refractivity contribution < 1.29 is 106 Å². The van der Waals surface area contributed by atoms with Crippen molar-refractivity contribution in [2.24, 2.45) is 0 Å². The van der Waals surface area contributed by atoms with Crippen LogP contribution in [-0.4, -0.2) is 206 Å². The first-order valence-corrected chi connectivity index (χ1v) is 42.5. The van der Waals surface area contributed by atoms with E-state index in [0.717, 1.165) is 85.8 Å². The maximum absolute atomic E-state index is 12.6. The van der Waals surface area contributed by atoms with Crippen molar-refractivity contribution >= 4 is 78.9 Å². The van der Waals surface area contributed by atoms with E-state index in [2.05, 4.69) is 29.6 Å². The fourth-order valence-electron chi connectivity index (χ4n) is 13.5. The summed E-state index contributed by atoms with van der Waals surface area (Å²) < 4.78 is 126. The van der Waals surface area contributed by atoms with Gasteiger partial charge in [0, 0.05) is 107 Å². The summed E-state index contributed by atoms with van der Waals surface area (Å²) in [5, 5.41) is 30.1. The van der Waals surface area contributed by atoms with E-state index in [0.29, 0.717) is 137 Å². The predicted molar refractivity (Wildman–Crippen MR) is 442 cm³/mol. The lowest BCUT2D eigenvalue weighted by atomic mass is 9.80. The lowest BCUT2D eigenvalue weighted by molar-refractivity contribution is -0.124. The Bertz CT molecular complexity index is 4680. The Morgan fingerprint density at radius 3 is 1.40 bits per heavy atom. The highest BCUT2D eigenvalue weighted by Gasteiger charge is 2.49. The van der Waals surface area contributed by atoms with Gasteiger partial charge in [0.25, 0.3) is 11.8 Å². The molecule has 0 bridgehead atoms. The second-order valence-corrected chi connectivity index (χ2v) is 31.9. The van der Waals surface area contributed by atoms with Gasteiger partial charge >= 0.3 is 32.8 Å². The minimum Gasteiger partial charge on any atom is -0.507 e.